The van der Waals surface area contributed by atoms with Crippen LogP contribution in [-0.2, 0) is 42.2 Å². The van der Waals surface area contributed by atoms with Gasteiger partial charge in [-0.05, 0) is 109 Å². The minimum Gasteiger partial charge on any atom is -0.462 e. The molecular formula is C66H119O11P. The first-order valence-corrected chi connectivity index (χ1v) is 33.7. The van der Waals surface area contributed by atoms with Crippen LogP contribution in [0.3, 0.4) is 0 Å². The van der Waals surface area contributed by atoms with Gasteiger partial charge in [0.15, 0.2) is 6.10 Å². The summed E-state index contributed by atoms with van der Waals surface area (Å²) in [5.74, 6) is -1.47. The normalized spacial score (nSPS) is 13.7. The monoisotopic (exact) mass is 1120 g/mol. The van der Waals surface area contributed by atoms with Gasteiger partial charge < -0.3 is 24.2 Å². The Morgan fingerprint density at radius 3 is 0.987 bits per heavy atom. The molecule has 3 atom stereocenters. The van der Waals surface area contributed by atoms with Crippen molar-refractivity contribution in [2.75, 3.05) is 26.4 Å². The van der Waals surface area contributed by atoms with E-state index in [-0.39, 0.29) is 25.9 Å². The molecule has 0 aliphatic rings. The number of phosphoric ester groups is 1. The van der Waals surface area contributed by atoms with Crippen molar-refractivity contribution >= 4 is 25.7 Å². The molecule has 0 saturated heterocycles. The smallest absolute Gasteiger partial charge is 0.462 e. The Hall–Kier alpha value is -2.82. The van der Waals surface area contributed by atoms with Crippen LogP contribution in [0, 0.1) is 0 Å². The van der Waals surface area contributed by atoms with E-state index in [1.165, 1.54) is 135 Å². The molecular weight excluding hydrogens is 1000 g/mol. The van der Waals surface area contributed by atoms with Gasteiger partial charge >= 0.3 is 25.7 Å². The van der Waals surface area contributed by atoms with E-state index in [4.69, 9.17) is 23.3 Å². The van der Waals surface area contributed by atoms with Gasteiger partial charge in [-0.3, -0.25) is 23.4 Å². The standard InChI is InChI=1S/C66H119O11P/c1-4-7-10-13-16-19-22-25-28-30-31-33-36-39-42-45-48-51-54-57-66(70)77-63(59-73-64(68)55-52-49-46-43-40-37-34-27-24-21-18-15-12-9-6-3)61-75-78(71,72)74-60-62(58-67)76-65(69)56-53-50-47-44-41-38-35-32-29-26-23-20-17-14-11-8-5-2/h16-17,19-20,25-29,34,62-63,67H,4-15,18,21-24,30-33,35-61H2,1-3H3,(H,71,72)/b19-16-,20-17-,28-25-,29-26-,34-27-. The molecule has 0 bridgehead atoms. The lowest BCUT2D eigenvalue weighted by Crippen LogP contribution is -2.30. The lowest BCUT2D eigenvalue weighted by atomic mass is 10.1. The molecule has 0 aromatic carbocycles. The molecule has 0 saturated carbocycles. The highest BCUT2D eigenvalue weighted by Gasteiger charge is 2.28. The summed E-state index contributed by atoms with van der Waals surface area (Å²) in [7, 11) is -4.76. The zero-order chi connectivity index (χ0) is 56.9. The van der Waals surface area contributed by atoms with Gasteiger partial charge in [0.1, 0.15) is 12.7 Å². The molecule has 0 rings (SSSR count). The highest BCUT2D eigenvalue weighted by atomic mass is 31.2. The predicted molar refractivity (Wildman–Crippen MR) is 325 cm³/mol. The summed E-state index contributed by atoms with van der Waals surface area (Å²) < 4.78 is 39.7. The lowest BCUT2D eigenvalue weighted by molar-refractivity contribution is -0.161. The highest BCUT2D eigenvalue weighted by molar-refractivity contribution is 7.47. The van der Waals surface area contributed by atoms with Gasteiger partial charge in [-0.2, -0.15) is 0 Å². The predicted octanol–water partition coefficient (Wildman–Crippen LogP) is 19.5. The number of aliphatic hydroxyl groups excluding tert-OH is 1. The number of aliphatic hydroxyl groups is 1. The Bertz CT molecular complexity index is 1540. The largest absolute Gasteiger partial charge is 0.472 e. The fraction of sp³-hybridized carbons (Fsp3) is 0.803. The molecule has 0 aliphatic heterocycles. The van der Waals surface area contributed by atoms with E-state index in [1.807, 2.05) is 0 Å². The summed E-state index contributed by atoms with van der Waals surface area (Å²) >= 11 is 0. The second kappa shape index (κ2) is 60.3. The molecule has 0 heterocycles. The van der Waals surface area contributed by atoms with Crippen LogP contribution in [0.25, 0.3) is 0 Å². The van der Waals surface area contributed by atoms with Crippen LogP contribution >= 0.6 is 7.82 Å². The molecule has 0 radical (unpaired) electrons. The van der Waals surface area contributed by atoms with E-state index in [9.17, 15) is 28.9 Å². The third-order valence-electron chi connectivity index (χ3n) is 13.9. The van der Waals surface area contributed by atoms with Crippen LogP contribution in [0.15, 0.2) is 60.8 Å². The molecule has 2 N–H and O–H groups in total. The Morgan fingerprint density at radius 1 is 0.359 bits per heavy atom. The number of ether oxygens (including phenoxy) is 3. The van der Waals surface area contributed by atoms with E-state index >= 15 is 0 Å². The van der Waals surface area contributed by atoms with Crippen molar-refractivity contribution in [1.29, 1.82) is 0 Å². The number of hydrogen-bond donors (Lipinski definition) is 2. The third kappa shape index (κ3) is 57.9. The van der Waals surface area contributed by atoms with Crippen LogP contribution in [0.5, 0.6) is 0 Å². The van der Waals surface area contributed by atoms with Crippen molar-refractivity contribution < 1.29 is 52.2 Å². The molecule has 0 spiro atoms. The summed E-state index contributed by atoms with van der Waals surface area (Å²) in [5.41, 5.74) is 0. The van der Waals surface area contributed by atoms with Crippen molar-refractivity contribution in [3.8, 4) is 0 Å². The Morgan fingerprint density at radius 2 is 0.628 bits per heavy atom. The topological polar surface area (TPSA) is 155 Å². The van der Waals surface area contributed by atoms with Crippen LogP contribution in [-0.4, -0.2) is 66.5 Å². The highest BCUT2D eigenvalue weighted by Crippen LogP contribution is 2.43. The van der Waals surface area contributed by atoms with Gasteiger partial charge in [0.25, 0.3) is 0 Å². The fourth-order valence-electron chi connectivity index (χ4n) is 8.94. The van der Waals surface area contributed by atoms with Crippen LogP contribution in [0.1, 0.15) is 303 Å². The number of esters is 3. The Balaban J connectivity index is 4.70. The van der Waals surface area contributed by atoms with Crippen molar-refractivity contribution in [3.63, 3.8) is 0 Å². The molecule has 0 amide bonds. The summed E-state index contributed by atoms with van der Waals surface area (Å²) in [5, 5.41) is 9.85. The SMILES string of the molecule is CCCCC/C=C\C/C=C\CCCCCCCCCCCC(=O)OC(COC(=O)CCCCCCC/C=C\CCCCCCCC)COP(=O)(O)OCC(CO)OC(=O)CCCCCCCCC/C=C\C/C=C\CCCCC. The third-order valence-corrected chi connectivity index (χ3v) is 14.8. The number of carbonyl (C=O) groups is 3. The molecule has 0 aliphatic carbocycles. The quantitative estimate of drug-likeness (QED) is 0.0197. The molecule has 12 heteroatoms. The maximum Gasteiger partial charge on any atom is 0.472 e. The van der Waals surface area contributed by atoms with Crippen molar-refractivity contribution in [1.82, 2.24) is 0 Å². The lowest BCUT2D eigenvalue weighted by Gasteiger charge is -2.21. The van der Waals surface area contributed by atoms with Gasteiger partial charge in [0.2, 0.25) is 0 Å². The number of carbonyl (C=O) groups excluding carboxylic acids is 3. The molecule has 0 fully saturated rings. The van der Waals surface area contributed by atoms with Crippen molar-refractivity contribution in [2.24, 2.45) is 0 Å². The Kier molecular flexibility index (Phi) is 58.1. The summed E-state index contributed by atoms with van der Waals surface area (Å²) in [6.07, 6.45) is 67.3. The molecule has 78 heavy (non-hydrogen) atoms. The minimum atomic E-state index is -4.76. The molecule has 454 valence electrons. The van der Waals surface area contributed by atoms with E-state index in [0.29, 0.717) is 19.3 Å². The van der Waals surface area contributed by atoms with Crippen LogP contribution in [0.2, 0.25) is 0 Å². The zero-order valence-electron chi connectivity index (χ0n) is 50.4. The molecule has 3 unspecified atom stereocenters. The number of unbranched alkanes of at least 4 members (excludes halogenated alkanes) is 33. The van der Waals surface area contributed by atoms with E-state index < -0.39 is 57.8 Å². The van der Waals surface area contributed by atoms with Gasteiger partial charge in [-0.1, -0.05) is 236 Å². The molecule has 0 aromatic heterocycles. The number of hydrogen-bond acceptors (Lipinski definition) is 10. The second-order valence-corrected chi connectivity index (χ2v) is 23.0. The first-order chi connectivity index (χ1) is 38.2. The maximum absolute atomic E-state index is 13.0. The summed E-state index contributed by atoms with van der Waals surface area (Å²) in [6.45, 7) is 4.61. The van der Waals surface area contributed by atoms with Crippen LogP contribution < -0.4 is 0 Å². The van der Waals surface area contributed by atoms with Gasteiger partial charge in [0, 0.05) is 19.3 Å². The minimum absolute atomic E-state index is 0.161. The first kappa shape index (κ1) is 75.2. The van der Waals surface area contributed by atoms with E-state index in [1.54, 1.807) is 0 Å². The van der Waals surface area contributed by atoms with Crippen LogP contribution in [0.4, 0.5) is 0 Å². The van der Waals surface area contributed by atoms with E-state index in [2.05, 4.69) is 81.5 Å². The summed E-state index contributed by atoms with van der Waals surface area (Å²) in [6, 6.07) is 0. The number of rotatable bonds is 60. The maximum atomic E-state index is 13.0. The number of phosphoric acid groups is 1. The fourth-order valence-corrected chi connectivity index (χ4v) is 9.73. The van der Waals surface area contributed by atoms with Gasteiger partial charge in [-0.25, -0.2) is 4.57 Å². The van der Waals surface area contributed by atoms with Crippen molar-refractivity contribution in [3.05, 3.63) is 60.8 Å². The second-order valence-electron chi connectivity index (χ2n) is 21.6. The average Bonchev–Trinajstić information content (AvgIpc) is 3.43. The number of allylic oxidation sites excluding steroid dienone is 10. The van der Waals surface area contributed by atoms with Gasteiger partial charge in [0.05, 0.1) is 19.8 Å². The van der Waals surface area contributed by atoms with E-state index in [0.717, 1.165) is 109 Å². The van der Waals surface area contributed by atoms with Gasteiger partial charge in [-0.15, -0.1) is 0 Å². The zero-order valence-corrected chi connectivity index (χ0v) is 51.3. The molecule has 0 aromatic rings. The summed E-state index contributed by atoms with van der Waals surface area (Å²) in [4.78, 5) is 48.7. The first-order valence-electron chi connectivity index (χ1n) is 32.2. The van der Waals surface area contributed by atoms with Crippen molar-refractivity contribution in [2.45, 2.75) is 315 Å². The molecule has 11 nitrogen and oxygen atoms in total. The Labute approximate surface area is 478 Å². The average molecular weight is 1120 g/mol.